The molecule has 1 atom stereocenters. The van der Waals surface area contributed by atoms with E-state index in [9.17, 15) is 0 Å². The van der Waals surface area contributed by atoms with Crippen molar-refractivity contribution in [3.63, 3.8) is 0 Å². The van der Waals surface area contributed by atoms with E-state index in [1.807, 2.05) is 28.8 Å². The lowest BCUT2D eigenvalue weighted by Gasteiger charge is -2.32. The molecule has 1 aliphatic heterocycles. The summed E-state index contributed by atoms with van der Waals surface area (Å²) in [7, 11) is 0. The van der Waals surface area contributed by atoms with E-state index in [4.69, 9.17) is 4.99 Å². The van der Waals surface area contributed by atoms with Gasteiger partial charge in [0.05, 0.1) is 6.54 Å². The van der Waals surface area contributed by atoms with Gasteiger partial charge in [-0.05, 0) is 50.9 Å². The normalized spacial score (nSPS) is 16.9. The van der Waals surface area contributed by atoms with Crippen LogP contribution >= 0.6 is 24.0 Å². The molecule has 168 valence electrons. The molecule has 1 saturated heterocycles. The molecule has 0 aliphatic carbocycles. The predicted octanol–water partition coefficient (Wildman–Crippen LogP) is 3.35. The molecule has 2 aromatic heterocycles. The molecule has 0 bridgehead atoms. The Balaban J connectivity index is 0.00000320. The fourth-order valence-electron chi connectivity index (χ4n) is 4.06. The van der Waals surface area contributed by atoms with Crippen molar-refractivity contribution in [2.24, 2.45) is 10.9 Å². The SMILES string of the molecule is CCNC(=NCC(C(C)C)N1CCCCCC1)NCCc1nnc2ccccn12.I. The summed E-state index contributed by atoms with van der Waals surface area (Å²) in [6.07, 6.45) is 8.18. The van der Waals surface area contributed by atoms with Crippen LogP contribution in [-0.4, -0.2) is 64.2 Å². The first-order valence-electron chi connectivity index (χ1n) is 11.2. The molecule has 1 aliphatic rings. The summed E-state index contributed by atoms with van der Waals surface area (Å²) in [5.74, 6) is 2.46. The summed E-state index contributed by atoms with van der Waals surface area (Å²) < 4.78 is 2.04. The van der Waals surface area contributed by atoms with Crippen molar-refractivity contribution in [1.82, 2.24) is 30.1 Å². The topological polar surface area (TPSA) is 69.8 Å². The van der Waals surface area contributed by atoms with Gasteiger partial charge in [-0.15, -0.1) is 34.2 Å². The number of aliphatic imine (C=N–C) groups is 1. The molecule has 1 unspecified atom stereocenters. The van der Waals surface area contributed by atoms with Crippen molar-refractivity contribution in [2.45, 2.75) is 58.9 Å². The average molecular weight is 527 g/mol. The lowest BCUT2D eigenvalue weighted by atomic mass is 10.0. The Morgan fingerprint density at radius 2 is 1.87 bits per heavy atom. The van der Waals surface area contributed by atoms with E-state index in [-0.39, 0.29) is 24.0 Å². The molecule has 0 amide bonds. The first-order chi connectivity index (χ1) is 14.2. The summed E-state index contributed by atoms with van der Waals surface area (Å²) in [4.78, 5) is 7.59. The zero-order chi connectivity index (χ0) is 20.5. The van der Waals surface area contributed by atoms with Gasteiger partial charge in [0.1, 0.15) is 5.82 Å². The molecule has 3 heterocycles. The molecule has 8 heteroatoms. The molecular weight excluding hydrogens is 489 g/mol. The van der Waals surface area contributed by atoms with Crippen LogP contribution in [0, 0.1) is 5.92 Å². The predicted molar refractivity (Wildman–Crippen MR) is 135 cm³/mol. The molecular formula is C22H38IN7. The van der Waals surface area contributed by atoms with Gasteiger partial charge in [0.15, 0.2) is 11.6 Å². The van der Waals surface area contributed by atoms with E-state index in [0.29, 0.717) is 12.0 Å². The number of guanidine groups is 1. The zero-order valence-corrected chi connectivity index (χ0v) is 21.0. The number of nitrogens with one attached hydrogen (secondary N) is 2. The molecule has 3 rings (SSSR count). The Hall–Kier alpha value is -1.42. The quantitative estimate of drug-likeness (QED) is 0.313. The molecule has 0 radical (unpaired) electrons. The maximum absolute atomic E-state index is 4.93. The number of likely N-dealkylation sites (tertiary alicyclic amines) is 1. The molecule has 0 aromatic carbocycles. The average Bonchev–Trinajstić information content (AvgIpc) is 2.93. The van der Waals surface area contributed by atoms with Gasteiger partial charge in [0, 0.05) is 31.7 Å². The van der Waals surface area contributed by atoms with Gasteiger partial charge in [0.2, 0.25) is 0 Å². The number of pyridine rings is 1. The van der Waals surface area contributed by atoms with E-state index in [2.05, 4.69) is 46.5 Å². The Morgan fingerprint density at radius 1 is 1.10 bits per heavy atom. The van der Waals surface area contributed by atoms with Crippen LogP contribution in [0.1, 0.15) is 52.3 Å². The van der Waals surface area contributed by atoms with Crippen LogP contribution in [-0.2, 0) is 6.42 Å². The minimum absolute atomic E-state index is 0. The largest absolute Gasteiger partial charge is 0.357 e. The smallest absolute Gasteiger partial charge is 0.191 e. The van der Waals surface area contributed by atoms with Gasteiger partial charge in [-0.3, -0.25) is 14.3 Å². The summed E-state index contributed by atoms with van der Waals surface area (Å²) >= 11 is 0. The highest BCUT2D eigenvalue weighted by Crippen LogP contribution is 2.17. The van der Waals surface area contributed by atoms with Crippen molar-refractivity contribution >= 4 is 35.6 Å². The third kappa shape index (κ3) is 7.08. The first kappa shape index (κ1) is 24.8. The maximum atomic E-state index is 4.93. The van der Waals surface area contributed by atoms with Crippen molar-refractivity contribution in [3.8, 4) is 0 Å². The van der Waals surface area contributed by atoms with Crippen molar-refractivity contribution < 1.29 is 0 Å². The van der Waals surface area contributed by atoms with Crippen LogP contribution in [0.5, 0.6) is 0 Å². The van der Waals surface area contributed by atoms with Gasteiger partial charge >= 0.3 is 0 Å². The molecule has 30 heavy (non-hydrogen) atoms. The monoisotopic (exact) mass is 527 g/mol. The Kier molecular flexibility index (Phi) is 10.8. The van der Waals surface area contributed by atoms with E-state index in [0.717, 1.165) is 43.5 Å². The number of fused-ring (bicyclic) bond motifs is 1. The number of aromatic nitrogens is 3. The van der Waals surface area contributed by atoms with Crippen molar-refractivity contribution in [3.05, 3.63) is 30.2 Å². The number of nitrogens with zero attached hydrogens (tertiary/aromatic N) is 5. The Labute approximate surface area is 198 Å². The van der Waals surface area contributed by atoms with Crippen LogP contribution in [0.25, 0.3) is 5.65 Å². The maximum Gasteiger partial charge on any atom is 0.191 e. The highest BCUT2D eigenvalue weighted by atomic mass is 127. The van der Waals surface area contributed by atoms with Crippen LogP contribution < -0.4 is 10.6 Å². The lowest BCUT2D eigenvalue weighted by Crippen LogP contribution is -2.44. The van der Waals surface area contributed by atoms with Gasteiger partial charge in [0.25, 0.3) is 0 Å². The lowest BCUT2D eigenvalue weighted by molar-refractivity contribution is 0.166. The highest BCUT2D eigenvalue weighted by molar-refractivity contribution is 14.0. The number of halogens is 1. The van der Waals surface area contributed by atoms with Crippen LogP contribution in [0.15, 0.2) is 29.4 Å². The van der Waals surface area contributed by atoms with Crippen molar-refractivity contribution in [1.29, 1.82) is 0 Å². The van der Waals surface area contributed by atoms with Gasteiger partial charge in [-0.1, -0.05) is 32.8 Å². The second-order valence-electron chi connectivity index (χ2n) is 8.20. The minimum Gasteiger partial charge on any atom is -0.357 e. The standard InChI is InChI=1S/C22H37N7.HI/c1-4-23-22(24-13-12-21-27-26-20-11-7-10-16-29(20)21)25-17-19(18(2)3)28-14-8-5-6-9-15-28;/h7,10-11,16,18-19H,4-6,8-9,12-15,17H2,1-3H3,(H2,23,24,25);1H. The minimum atomic E-state index is 0. The molecule has 7 nitrogen and oxygen atoms in total. The van der Waals surface area contributed by atoms with Crippen LogP contribution in [0.3, 0.4) is 0 Å². The molecule has 0 spiro atoms. The fraction of sp³-hybridized carbons (Fsp3) is 0.682. The first-order valence-corrected chi connectivity index (χ1v) is 11.2. The van der Waals surface area contributed by atoms with Gasteiger partial charge < -0.3 is 10.6 Å². The third-order valence-electron chi connectivity index (χ3n) is 5.69. The Morgan fingerprint density at radius 3 is 2.57 bits per heavy atom. The molecule has 0 saturated carbocycles. The van der Waals surface area contributed by atoms with Gasteiger partial charge in [-0.2, -0.15) is 0 Å². The summed E-state index contributed by atoms with van der Waals surface area (Å²) in [6, 6.07) is 6.47. The number of hydrogen-bond acceptors (Lipinski definition) is 4. The zero-order valence-electron chi connectivity index (χ0n) is 18.7. The van der Waals surface area contributed by atoms with Gasteiger partial charge in [-0.25, -0.2) is 0 Å². The fourth-order valence-corrected chi connectivity index (χ4v) is 4.06. The summed E-state index contributed by atoms with van der Waals surface area (Å²) in [6.45, 7) is 11.6. The third-order valence-corrected chi connectivity index (χ3v) is 5.69. The van der Waals surface area contributed by atoms with E-state index in [1.165, 1.54) is 38.8 Å². The van der Waals surface area contributed by atoms with E-state index < -0.39 is 0 Å². The highest BCUT2D eigenvalue weighted by Gasteiger charge is 2.22. The molecule has 2 N–H and O–H groups in total. The second-order valence-corrected chi connectivity index (χ2v) is 8.20. The summed E-state index contributed by atoms with van der Waals surface area (Å²) in [5, 5.41) is 15.4. The van der Waals surface area contributed by atoms with E-state index >= 15 is 0 Å². The Bertz CT molecular complexity index is 766. The number of rotatable bonds is 8. The van der Waals surface area contributed by atoms with E-state index in [1.54, 1.807) is 0 Å². The number of hydrogen-bond donors (Lipinski definition) is 2. The molecule has 2 aromatic rings. The second kappa shape index (κ2) is 13.1. The van der Waals surface area contributed by atoms with Crippen LogP contribution in [0.4, 0.5) is 0 Å². The van der Waals surface area contributed by atoms with Crippen LogP contribution in [0.2, 0.25) is 0 Å². The summed E-state index contributed by atoms with van der Waals surface area (Å²) in [5.41, 5.74) is 0.889. The molecule has 1 fully saturated rings. The van der Waals surface area contributed by atoms with Crippen molar-refractivity contribution in [2.75, 3.05) is 32.7 Å².